The van der Waals surface area contributed by atoms with Gasteiger partial charge in [-0.05, 0) is 36.6 Å². The average molecular weight is 162 g/mol. The van der Waals surface area contributed by atoms with Crippen LogP contribution in [0.3, 0.4) is 0 Å². The lowest BCUT2D eigenvalue weighted by Gasteiger charge is -2.07. The van der Waals surface area contributed by atoms with E-state index in [2.05, 4.69) is 17.4 Å². The Kier molecular flexibility index (Phi) is 2.00. The molecular formula is C10H14N2. The molecule has 0 unspecified atom stereocenters. The molecule has 2 rings (SSSR count). The van der Waals surface area contributed by atoms with Gasteiger partial charge in [0.25, 0.3) is 0 Å². The largest absolute Gasteiger partial charge is 0.399 e. The van der Waals surface area contributed by atoms with E-state index in [0.717, 1.165) is 18.8 Å². The van der Waals surface area contributed by atoms with Crippen LogP contribution < -0.4 is 11.1 Å². The van der Waals surface area contributed by atoms with Gasteiger partial charge < -0.3 is 11.1 Å². The molecule has 0 amide bonds. The Hall–Kier alpha value is -1.02. The van der Waals surface area contributed by atoms with Crippen LogP contribution in [0.2, 0.25) is 0 Å². The average Bonchev–Trinajstić information content (AvgIpc) is 2.58. The summed E-state index contributed by atoms with van der Waals surface area (Å²) in [5.74, 6) is 0.700. The maximum atomic E-state index is 5.61. The highest BCUT2D eigenvalue weighted by atomic mass is 14.9. The first-order valence-electron chi connectivity index (χ1n) is 4.42. The van der Waals surface area contributed by atoms with Crippen molar-refractivity contribution in [3.05, 3.63) is 29.8 Å². The summed E-state index contributed by atoms with van der Waals surface area (Å²) in [7, 11) is 0. The Morgan fingerprint density at radius 1 is 1.25 bits per heavy atom. The maximum absolute atomic E-state index is 5.61. The van der Waals surface area contributed by atoms with Gasteiger partial charge in [-0.2, -0.15) is 0 Å². The lowest BCUT2D eigenvalue weighted by atomic mass is 9.98. The van der Waals surface area contributed by atoms with Crippen molar-refractivity contribution in [2.45, 2.75) is 12.3 Å². The van der Waals surface area contributed by atoms with Crippen molar-refractivity contribution in [3.8, 4) is 0 Å². The van der Waals surface area contributed by atoms with E-state index in [-0.39, 0.29) is 0 Å². The Morgan fingerprint density at radius 3 is 2.58 bits per heavy atom. The minimum atomic E-state index is 0.700. The van der Waals surface area contributed by atoms with Crippen LogP contribution in [0.15, 0.2) is 24.3 Å². The van der Waals surface area contributed by atoms with Gasteiger partial charge in [0.05, 0.1) is 0 Å². The lowest BCUT2D eigenvalue weighted by molar-refractivity contribution is 0.764. The third-order valence-electron chi connectivity index (χ3n) is 2.47. The number of nitrogens with one attached hydrogen (secondary N) is 1. The fourth-order valence-electron chi connectivity index (χ4n) is 1.71. The van der Waals surface area contributed by atoms with Crippen molar-refractivity contribution >= 4 is 5.69 Å². The minimum Gasteiger partial charge on any atom is -0.399 e. The van der Waals surface area contributed by atoms with Gasteiger partial charge in [0, 0.05) is 12.2 Å². The van der Waals surface area contributed by atoms with Crippen molar-refractivity contribution in [1.29, 1.82) is 0 Å². The molecule has 1 atom stereocenters. The van der Waals surface area contributed by atoms with E-state index in [0.29, 0.717) is 5.92 Å². The quantitative estimate of drug-likeness (QED) is 0.612. The first-order valence-corrected chi connectivity index (χ1v) is 4.42. The number of benzene rings is 1. The summed E-state index contributed by atoms with van der Waals surface area (Å²) in [6.45, 7) is 2.26. The molecule has 1 aliphatic heterocycles. The highest BCUT2D eigenvalue weighted by Gasteiger charge is 2.15. The molecule has 1 aromatic rings. The Bertz CT molecular complexity index is 247. The van der Waals surface area contributed by atoms with Crippen molar-refractivity contribution in [2.24, 2.45) is 0 Å². The molecule has 1 aliphatic rings. The van der Waals surface area contributed by atoms with E-state index in [1.54, 1.807) is 0 Å². The number of anilines is 1. The van der Waals surface area contributed by atoms with Gasteiger partial charge >= 0.3 is 0 Å². The molecule has 0 spiro atoms. The smallest absolute Gasteiger partial charge is 0.0314 e. The predicted molar refractivity (Wildman–Crippen MR) is 51.1 cm³/mol. The molecule has 0 aromatic heterocycles. The van der Waals surface area contributed by atoms with Crippen LogP contribution >= 0.6 is 0 Å². The summed E-state index contributed by atoms with van der Waals surface area (Å²) in [4.78, 5) is 0. The molecule has 1 saturated heterocycles. The van der Waals surface area contributed by atoms with Gasteiger partial charge in [-0.1, -0.05) is 12.1 Å². The van der Waals surface area contributed by atoms with E-state index in [1.807, 2.05) is 12.1 Å². The fourth-order valence-corrected chi connectivity index (χ4v) is 1.71. The first-order chi connectivity index (χ1) is 5.86. The number of hydrogen-bond acceptors (Lipinski definition) is 2. The molecule has 0 bridgehead atoms. The molecule has 0 aliphatic carbocycles. The van der Waals surface area contributed by atoms with Crippen LogP contribution in [0, 0.1) is 0 Å². The second-order valence-electron chi connectivity index (χ2n) is 3.36. The molecular weight excluding hydrogens is 148 g/mol. The zero-order valence-corrected chi connectivity index (χ0v) is 7.09. The van der Waals surface area contributed by atoms with Crippen LogP contribution in [0.1, 0.15) is 17.9 Å². The SMILES string of the molecule is Nc1ccc([C@@H]2CCNC2)cc1. The predicted octanol–water partition coefficient (Wildman–Crippen LogP) is 1.35. The summed E-state index contributed by atoms with van der Waals surface area (Å²) < 4.78 is 0. The number of hydrogen-bond donors (Lipinski definition) is 2. The van der Waals surface area contributed by atoms with Gasteiger partial charge in [-0.15, -0.1) is 0 Å². The van der Waals surface area contributed by atoms with E-state index in [1.165, 1.54) is 12.0 Å². The van der Waals surface area contributed by atoms with E-state index in [9.17, 15) is 0 Å². The number of nitrogens with two attached hydrogens (primary N) is 1. The molecule has 3 N–H and O–H groups in total. The van der Waals surface area contributed by atoms with Crippen molar-refractivity contribution in [2.75, 3.05) is 18.8 Å². The third-order valence-corrected chi connectivity index (χ3v) is 2.47. The Balaban J connectivity index is 2.17. The zero-order valence-electron chi connectivity index (χ0n) is 7.09. The topological polar surface area (TPSA) is 38.0 Å². The summed E-state index contributed by atoms with van der Waals surface area (Å²) in [5.41, 5.74) is 7.87. The van der Waals surface area contributed by atoms with Crippen LogP contribution in [0.5, 0.6) is 0 Å². The van der Waals surface area contributed by atoms with Gasteiger partial charge in [-0.25, -0.2) is 0 Å². The molecule has 1 heterocycles. The van der Waals surface area contributed by atoms with Crippen molar-refractivity contribution in [1.82, 2.24) is 5.32 Å². The van der Waals surface area contributed by atoms with Crippen LogP contribution in [-0.4, -0.2) is 13.1 Å². The third kappa shape index (κ3) is 1.43. The van der Waals surface area contributed by atoms with E-state index >= 15 is 0 Å². The lowest BCUT2D eigenvalue weighted by Crippen LogP contribution is -2.07. The minimum absolute atomic E-state index is 0.700. The molecule has 2 heteroatoms. The van der Waals surface area contributed by atoms with Gasteiger partial charge in [0.15, 0.2) is 0 Å². The molecule has 64 valence electrons. The summed E-state index contributed by atoms with van der Waals surface area (Å²) in [6.07, 6.45) is 1.25. The van der Waals surface area contributed by atoms with E-state index in [4.69, 9.17) is 5.73 Å². The molecule has 12 heavy (non-hydrogen) atoms. The van der Waals surface area contributed by atoms with Gasteiger partial charge in [-0.3, -0.25) is 0 Å². The standard InChI is InChI=1S/C10H14N2/c11-10-3-1-8(2-4-10)9-5-6-12-7-9/h1-4,9,12H,5-7,11H2/t9-/m1/s1. The highest BCUT2D eigenvalue weighted by molar-refractivity contribution is 5.40. The van der Waals surface area contributed by atoms with Crippen molar-refractivity contribution in [3.63, 3.8) is 0 Å². The monoisotopic (exact) mass is 162 g/mol. The van der Waals surface area contributed by atoms with Crippen molar-refractivity contribution < 1.29 is 0 Å². The number of nitrogen functional groups attached to an aromatic ring is 1. The number of rotatable bonds is 1. The van der Waals surface area contributed by atoms with Gasteiger partial charge in [0.1, 0.15) is 0 Å². The van der Waals surface area contributed by atoms with E-state index < -0.39 is 0 Å². The summed E-state index contributed by atoms with van der Waals surface area (Å²) in [5, 5.41) is 3.35. The van der Waals surface area contributed by atoms with Crippen LogP contribution in [0.25, 0.3) is 0 Å². The zero-order chi connectivity index (χ0) is 8.39. The molecule has 0 saturated carbocycles. The maximum Gasteiger partial charge on any atom is 0.0314 e. The fraction of sp³-hybridized carbons (Fsp3) is 0.400. The van der Waals surface area contributed by atoms with Gasteiger partial charge in [0.2, 0.25) is 0 Å². The summed E-state index contributed by atoms with van der Waals surface area (Å²) in [6, 6.07) is 8.22. The second-order valence-corrected chi connectivity index (χ2v) is 3.36. The molecule has 2 nitrogen and oxygen atoms in total. The normalized spacial score (nSPS) is 22.8. The molecule has 0 radical (unpaired) electrons. The first kappa shape index (κ1) is 7.62. The van der Waals surface area contributed by atoms with Crippen LogP contribution in [-0.2, 0) is 0 Å². The highest BCUT2D eigenvalue weighted by Crippen LogP contribution is 2.22. The Labute approximate surface area is 72.8 Å². The van der Waals surface area contributed by atoms with Crippen LogP contribution in [0.4, 0.5) is 5.69 Å². The molecule has 1 fully saturated rings. The molecule has 1 aromatic carbocycles. The Morgan fingerprint density at radius 2 is 2.00 bits per heavy atom. The summed E-state index contributed by atoms with van der Waals surface area (Å²) >= 11 is 0. The second kappa shape index (κ2) is 3.15.